The lowest BCUT2D eigenvalue weighted by Gasteiger charge is -2.22. The molecule has 0 radical (unpaired) electrons. The van der Waals surface area contributed by atoms with E-state index in [2.05, 4.69) is 10.6 Å². The lowest BCUT2D eigenvalue weighted by molar-refractivity contribution is -0.124. The summed E-state index contributed by atoms with van der Waals surface area (Å²) >= 11 is 1.27. The predicted molar refractivity (Wildman–Crippen MR) is 68.9 cm³/mol. The third-order valence-corrected chi connectivity index (χ3v) is 4.14. The van der Waals surface area contributed by atoms with Crippen molar-refractivity contribution in [3.63, 3.8) is 0 Å². The third kappa shape index (κ3) is 2.88. The van der Waals surface area contributed by atoms with Gasteiger partial charge in [-0.2, -0.15) is 0 Å². The van der Waals surface area contributed by atoms with Crippen molar-refractivity contribution in [3.8, 4) is 0 Å². The van der Waals surface area contributed by atoms with Crippen LogP contribution in [-0.4, -0.2) is 29.6 Å². The van der Waals surface area contributed by atoms with Crippen LogP contribution in [0.4, 0.5) is 0 Å². The summed E-state index contributed by atoms with van der Waals surface area (Å²) in [4.78, 5) is 23.7. The maximum Gasteiger partial charge on any atom is 0.345 e. The molecule has 18 heavy (non-hydrogen) atoms. The van der Waals surface area contributed by atoms with Gasteiger partial charge in [-0.15, -0.1) is 11.3 Å². The molecule has 5 nitrogen and oxygen atoms in total. The second kappa shape index (κ2) is 5.49. The summed E-state index contributed by atoms with van der Waals surface area (Å²) in [6.45, 7) is 3.18. The van der Waals surface area contributed by atoms with E-state index in [0.717, 1.165) is 29.8 Å². The number of hydrogen-bond donors (Lipinski definition) is 3. The molecule has 1 aliphatic heterocycles. The van der Waals surface area contributed by atoms with E-state index < -0.39 is 5.97 Å². The van der Waals surface area contributed by atoms with E-state index in [9.17, 15) is 9.59 Å². The third-order valence-electron chi connectivity index (χ3n) is 3.06. The highest BCUT2D eigenvalue weighted by molar-refractivity contribution is 7.14. The summed E-state index contributed by atoms with van der Waals surface area (Å²) in [5.41, 5.74) is 0.954. The van der Waals surface area contributed by atoms with Crippen molar-refractivity contribution in [3.05, 3.63) is 21.4 Å². The van der Waals surface area contributed by atoms with Crippen molar-refractivity contribution in [2.45, 2.75) is 32.4 Å². The normalized spacial score (nSPS) is 19.6. The van der Waals surface area contributed by atoms with E-state index in [4.69, 9.17) is 5.11 Å². The molecular formula is C12H16N2O3S. The first-order valence-corrected chi connectivity index (χ1v) is 6.73. The Bertz CT molecular complexity index is 470. The Hall–Kier alpha value is -1.40. The molecule has 6 heteroatoms. The van der Waals surface area contributed by atoms with E-state index in [0.29, 0.717) is 11.4 Å². The Labute approximate surface area is 109 Å². The molecule has 0 aromatic carbocycles. The van der Waals surface area contributed by atoms with Crippen molar-refractivity contribution < 1.29 is 14.7 Å². The van der Waals surface area contributed by atoms with Gasteiger partial charge in [0.1, 0.15) is 4.88 Å². The van der Waals surface area contributed by atoms with Gasteiger partial charge in [0.25, 0.3) is 0 Å². The molecule has 1 aliphatic rings. The molecule has 3 N–H and O–H groups in total. The van der Waals surface area contributed by atoms with E-state index >= 15 is 0 Å². The fourth-order valence-electron chi connectivity index (χ4n) is 2.00. The minimum Gasteiger partial charge on any atom is -0.477 e. The molecule has 1 unspecified atom stereocenters. The van der Waals surface area contributed by atoms with Crippen molar-refractivity contribution in [2.24, 2.45) is 0 Å². The molecular weight excluding hydrogens is 252 g/mol. The minimum atomic E-state index is -0.898. The lowest BCUT2D eigenvalue weighted by atomic mass is 10.1. The fourth-order valence-corrected chi connectivity index (χ4v) is 2.88. The van der Waals surface area contributed by atoms with Crippen molar-refractivity contribution in [2.75, 3.05) is 6.54 Å². The van der Waals surface area contributed by atoms with Gasteiger partial charge in [0.15, 0.2) is 0 Å². The van der Waals surface area contributed by atoms with Crippen LogP contribution in [0.2, 0.25) is 0 Å². The van der Waals surface area contributed by atoms with Crippen molar-refractivity contribution >= 4 is 23.2 Å². The molecule has 1 saturated heterocycles. The fraction of sp³-hybridized carbons (Fsp3) is 0.500. The van der Waals surface area contributed by atoms with Crippen LogP contribution in [0.25, 0.3) is 0 Å². The average molecular weight is 268 g/mol. The van der Waals surface area contributed by atoms with Gasteiger partial charge in [0.2, 0.25) is 5.91 Å². The molecule has 0 saturated carbocycles. The Balaban J connectivity index is 1.97. The number of nitrogens with one attached hydrogen (secondary N) is 2. The van der Waals surface area contributed by atoms with Gasteiger partial charge in [-0.25, -0.2) is 4.79 Å². The molecule has 1 fully saturated rings. The van der Waals surface area contributed by atoms with E-state index in [-0.39, 0.29) is 11.9 Å². The standard InChI is InChI=1S/C12H16N2O3S/c1-7-8(5-10(18-7)12(16)17)6-14-9-3-2-4-13-11(9)15/h5,9,14H,2-4,6H2,1H3,(H,13,15)(H,16,17). The highest BCUT2D eigenvalue weighted by Crippen LogP contribution is 2.21. The number of hydrogen-bond acceptors (Lipinski definition) is 4. The first-order valence-electron chi connectivity index (χ1n) is 5.91. The summed E-state index contributed by atoms with van der Waals surface area (Å²) in [5.74, 6) is -0.864. The number of carboxylic acids is 1. The van der Waals surface area contributed by atoms with Crippen LogP contribution in [0.5, 0.6) is 0 Å². The minimum absolute atomic E-state index is 0.0348. The number of carbonyl (C=O) groups excluding carboxylic acids is 1. The maximum atomic E-state index is 11.5. The molecule has 98 valence electrons. The Morgan fingerprint density at radius 2 is 2.44 bits per heavy atom. The number of rotatable bonds is 4. The second-order valence-corrected chi connectivity index (χ2v) is 5.62. The number of thiophene rings is 1. The molecule has 0 bridgehead atoms. The highest BCUT2D eigenvalue weighted by atomic mass is 32.1. The maximum absolute atomic E-state index is 11.5. The number of amides is 1. The summed E-state index contributed by atoms with van der Waals surface area (Å²) in [6.07, 6.45) is 1.81. The Morgan fingerprint density at radius 1 is 1.67 bits per heavy atom. The summed E-state index contributed by atoms with van der Waals surface area (Å²) in [6, 6.07) is 1.52. The van der Waals surface area contributed by atoms with E-state index in [1.807, 2.05) is 6.92 Å². The summed E-state index contributed by atoms with van der Waals surface area (Å²) in [7, 11) is 0. The molecule has 2 rings (SSSR count). The number of piperidine rings is 1. The zero-order valence-electron chi connectivity index (χ0n) is 10.2. The average Bonchev–Trinajstić information content (AvgIpc) is 2.70. The van der Waals surface area contributed by atoms with Crippen LogP contribution in [0.3, 0.4) is 0 Å². The smallest absolute Gasteiger partial charge is 0.345 e. The van der Waals surface area contributed by atoms with E-state index in [1.54, 1.807) is 6.07 Å². The summed E-state index contributed by atoms with van der Waals surface area (Å²) in [5, 5.41) is 14.9. The molecule has 1 aromatic heterocycles. The Kier molecular flexibility index (Phi) is 3.98. The number of aryl methyl sites for hydroxylation is 1. The summed E-state index contributed by atoms with van der Waals surface area (Å²) < 4.78 is 0. The van der Waals surface area contributed by atoms with Gasteiger partial charge in [-0.1, -0.05) is 0 Å². The first-order chi connectivity index (χ1) is 8.58. The van der Waals surface area contributed by atoms with Gasteiger partial charge in [-0.05, 0) is 31.4 Å². The second-order valence-electron chi connectivity index (χ2n) is 4.36. The molecule has 1 atom stereocenters. The Morgan fingerprint density at radius 3 is 3.06 bits per heavy atom. The molecule has 0 aliphatic carbocycles. The van der Waals surface area contributed by atoms with Gasteiger partial charge in [-0.3, -0.25) is 4.79 Å². The number of aromatic carboxylic acids is 1. The van der Waals surface area contributed by atoms with Crippen LogP contribution in [-0.2, 0) is 11.3 Å². The van der Waals surface area contributed by atoms with Crippen molar-refractivity contribution in [1.29, 1.82) is 0 Å². The van der Waals surface area contributed by atoms with Crippen LogP contribution in [0, 0.1) is 6.92 Å². The zero-order chi connectivity index (χ0) is 13.1. The molecule has 0 spiro atoms. The predicted octanol–water partition coefficient (Wildman–Crippen LogP) is 1.12. The van der Waals surface area contributed by atoms with Gasteiger partial charge >= 0.3 is 5.97 Å². The monoisotopic (exact) mass is 268 g/mol. The number of carbonyl (C=O) groups is 2. The van der Waals surface area contributed by atoms with Gasteiger partial charge in [0, 0.05) is 18.0 Å². The largest absolute Gasteiger partial charge is 0.477 e. The lowest BCUT2D eigenvalue weighted by Crippen LogP contribution is -2.47. The highest BCUT2D eigenvalue weighted by Gasteiger charge is 2.21. The van der Waals surface area contributed by atoms with Crippen LogP contribution in [0.15, 0.2) is 6.07 Å². The molecule has 1 aromatic rings. The van der Waals surface area contributed by atoms with Crippen LogP contribution < -0.4 is 10.6 Å². The molecule has 1 amide bonds. The quantitative estimate of drug-likeness (QED) is 0.764. The zero-order valence-corrected chi connectivity index (χ0v) is 11.0. The van der Waals surface area contributed by atoms with Crippen LogP contribution >= 0.6 is 11.3 Å². The van der Waals surface area contributed by atoms with Gasteiger partial charge in [0.05, 0.1) is 6.04 Å². The van der Waals surface area contributed by atoms with Crippen LogP contribution in [0.1, 0.15) is 33.0 Å². The topological polar surface area (TPSA) is 78.4 Å². The SMILES string of the molecule is Cc1sc(C(=O)O)cc1CNC1CCCNC1=O. The number of carboxylic acid groups (broad SMARTS) is 1. The van der Waals surface area contributed by atoms with Gasteiger partial charge < -0.3 is 15.7 Å². The first kappa shape index (κ1) is 13.0. The van der Waals surface area contributed by atoms with Crippen molar-refractivity contribution in [1.82, 2.24) is 10.6 Å². The van der Waals surface area contributed by atoms with E-state index in [1.165, 1.54) is 11.3 Å². The molecule has 2 heterocycles.